The zero-order valence-electron chi connectivity index (χ0n) is 14.5. The van der Waals surface area contributed by atoms with Gasteiger partial charge in [0.1, 0.15) is 29.8 Å². The van der Waals surface area contributed by atoms with Gasteiger partial charge in [-0.25, -0.2) is 14.0 Å². The van der Waals surface area contributed by atoms with Crippen molar-refractivity contribution >= 4 is 12.2 Å². The Labute approximate surface area is 150 Å². The number of carbonyl (C=O) groups is 2. The van der Waals surface area contributed by atoms with Crippen LogP contribution in [0.15, 0.2) is 18.2 Å². The Bertz CT molecular complexity index is 728. The van der Waals surface area contributed by atoms with E-state index in [1.807, 2.05) is 0 Å². The highest BCUT2D eigenvalue weighted by Crippen LogP contribution is 2.33. The van der Waals surface area contributed by atoms with Crippen LogP contribution in [0.5, 0.6) is 5.75 Å². The summed E-state index contributed by atoms with van der Waals surface area (Å²) in [6, 6.07) is 4.45. The fourth-order valence-corrected chi connectivity index (χ4v) is 3.58. The van der Waals surface area contributed by atoms with E-state index in [0.717, 1.165) is 18.4 Å². The number of halogens is 1. The van der Waals surface area contributed by atoms with Crippen molar-refractivity contribution in [2.45, 2.75) is 31.4 Å². The van der Waals surface area contributed by atoms with Gasteiger partial charge < -0.3 is 24.4 Å². The number of alkyl carbamates (subject to hydrolysis) is 1. The number of hydrogen-bond donors (Lipinski definition) is 1. The third-order valence-corrected chi connectivity index (χ3v) is 5.16. The SMILES string of the molecule is Cc1cc(F)ccc1OCC1CC(OC(=O)N2CC3(COC(=O)N3)C2)C1. The molecule has 26 heavy (non-hydrogen) atoms. The van der Waals surface area contributed by atoms with E-state index < -0.39 is 11.6 Å². The largest absolute Gasteiger partial charge is 0.493 e. The molecule has 1 aliphatic carbocycles. The Morgan fingerprint density at radius 1 is 1.42 bits per heavy atom. The summed E-state index contributed by atoms with van der Waals surface area (Å²) in [6.45, 7) is 3.46. The molecule has 0 atom stereocenters. The molecule has 140 valence electrons. The Balaban J connectivity index is 1.15. The van der Waals surface area contributed by atoms with E-state index >= 15 is 0 Å². The summed E-state index contributed by atoms with van der Waals surface area (Å²) in [7, 11) is 0. The quantitative estimate of drug-likeness (QED) is 0.887. The lowest BCUT2D eigenvalue weighted by Gasteiger charge is -2.46. The van der Waals surface area contributed by atoms with Crippen molar-refractivity contribution in [3.05, 3.63) is 29.6 Å². The summed E-state index contributed by atoms with van der Waals surface area (Å²) in [5.41, 5.74) is 0.334. The molecule has 7 nitrogen and oxygen atoms in total. The van der Waals surface area contributed by atoms with Crippen LogP contribution in [0, 0.1) is 18.7 Å². The van der Waals surface area contributed by atoms with Crippen molar-refractivity contribution in [3.8, 4) is 5.75 Å². The number of hydrogen-bond acceptors (Lipinski definition) is 5. The van der Waals surface area contributed by atoms with Crippen LogP contribution in [0.1, 0.15) is 18.4 Å². The fraction of sp³-hybridized carbons (Fsp3) is 0.556. The molecule has 2 amide bonds. The molecular weight excluding hydrogens is 343 g/mol. The standard InChI is InChI=1S/C18H21FN2O5/c1-11-4-13(19)2-3-15(11)24-7-12-5-14(6-12)26-17(23)21-8-18(9-21)10-25-16(22)20-18/h2-4,12,14H,5-10H2,1H3,(H,20,22). The molecule has 0 aromatic heterocycles. The van der Waals surface area contributed by atoms with Crippen molar-refractivity contribution in [2.75, 3.05) is 26.3 Å². The first-order valence-electron chi connectivity index (χ1n) is 8.72. The van der Waals surface area contributed by atoms with Gasteiger partial charge in [-0.3, -0.25) is 0 Å². The molecule has 1 spiro atoms. The van der Waals surface area contributed by atoms with Gasteiger partial charge in [-0.2, -0.15) is 0 Å². The van der Waals surface area contributed by atoms with Gasteiger partial charge in [0.2, 0.25) is 0 Å². The predicted molar refractivity (Wildman–Crippen MR) is 88.4 cm³/mol. The number of amides is 2. The molecule has 0 unspecified atom stereocenters. The molecule has 2 heterocycles. The number of carbonyl (C=O) groups excluding carboxylic acids is 2. The van der Waals surface area contributed by atoms with Crippen LogP contribution in [0.2, 0.25) is 0 Å². The minimum Gasteiger partial charge on any atom is -0.493 e. The zero-order chi connectivity index (χ0) is 18.3. The van der Waals surface area contributed by atoms with Crippen LogP contribution in [0.25, 0.3) is 0 Å². The lowest BCUT2D eigenvalue weighted by molar-refractivity contribution is -0.0358. The van der Waals surface area contributed by atoms with Gasteiger partial charge in [-0.15, -0.1) is 0 Å². The van der Waals surface area contributed by atoms with E-state index in [4.69, 9.17) is 14.2 Å². The number of rotatable bonds is 4. The second kappa shape index (κ2) is 6.34. The second-order valence-electron chi connectivity index (χ2n) is 7.40. The fourth-order valence-electron chi connectivity index (χ4n) is 3.58. The topological polar surface area (TPSA) is 77.1 Å². The molecule has 3 aliphatic rings. The Morgan fingerprint density at radius 3 is 2.85 bits per heavy atom. The Hall–Kier alpha value is -2.51. The summed E-state index contributed by atoms with van der Waals surface area (Å²) in [5, 5.41) is 2.73. The van der Waals surface area contributed by atoms with Crippen LogP contribution < -0.4 is 10.1 Å². The minimum absolute atomic E-state index is 0.101. The van der Waals surface area contributed by atoms with Gasteiger partial charge in [0, 0.05) is 0 Å². The lowest BCUT2D eigenvalue weighted by atomic mass is 9.83. The summed E-state index contributed by atoms with van der Waals surface area (Å²) in [5.74, 6) is 0.725. The molecule has 4 rings (SSSR count). The van der Waals surface area contributed by atoms with E-state index in [0.29, 0.717) is 38.0 Å². The average Bonchev–Trinajstić information content (AvgIpc) is 2.91. The molecule has 1 N–H and O–H groups in total. The first-order valence-corrected chi connectivity index (χ1v) is 8.72. The summed E-state index contributed by atoms with van der Waals surface area (Å²) in [4.78, 5) is 24.8. The maximum absolute atomic E-state index is 13.1. The van der Waals surface area contributed by atoms with Gasteiger partial charge >= 0.3 is 12.2 Å². The van der Waals surface area contributed by atoms with E-state index in [1.54, 1.807) is 17.9 Å². The lowest BCUT2D eigenvalue weighted by Crippen LogP contribution is -2.70. The molecule has 0 radical (unpaired) electrons. The van der Waals surface area contributed by atoms with Crippen LogP contribution >= 0.6 is 0 Å². The molecule has 8 heteroatoms. The molecule has 3 fully saturated rings. The maximum atomic E-state index is 13.1. The third kappa shape index (κ3) is 3.27. The van der Waals surface area contributed by atoms with Gasteiger partial charge in [-0.1, -0.05) is 0 Å². The van der Waals surface area contributed by atoms with E-state index in [-0.39, 0.29) is 18.0 Å². The molecule has 0 bridgehead atoms. The number of benzene rings is 1. The number of nitrogens with zero attached hydrogens (tertiary/aromatic N) is 1. The first kappa shape index (κ1) is 16.9. The highest BCUT2D eigenvalue weighted by Gasteiger charge is 2.52. The van der Waals surface area contributed by atoms with Crippen LogP contribution in [-0.2, 0) is 9.47 Å². The number of likely N-dealkylation sites (tertiary alicyclic amines) is 1. The van der Waals surface area contributed by atoms with E-state index in [1.165, 1.54) is 12.1 Å². The summed E-state index contributed by atoms with van der Waals surface area (Å²) < 4.78 is 29.2. The molecule has 1 saturated carbocycles. The third-order valence-electron chi connectivity index (χ3n) is 5.16. The van der Waals surface area contributed by atoms with Crippen molar-refractivity contribution in [1.29, 1.82) is 0 Å². The summed E-state index contributed by atoms with van der Waals surface area (Å²) >= 11 is 0. The molecule has 1 aromatic carbocycles. The number of cyclic esters (lactones) is 1. The van der Waals surface area contributed by atoms with Gasteiger partial charge in [0.25, 0.3) is 0 Å². The van der Waals surface area contributed by atoms with Gasteiger partial charge in [-0.05, 0) is 49.4 Å². The van der Waals surface area contributed by atoms with Crippen LogP contribution in [0.3, 0.4) is 0 Å². The minimum atomic E-state index is -0.434. The Kier molecular flexibility index (Phi) is 4.13. The zero-order valence-corrected chi connectivity index (χ0v) is 14.5. The molecule has 2 saturated heterocycles. The van der Waals surface area contributed by atoms with Crippen molar-refractivity contribution in [3.63, 3.8) is 0 Å². The molecule has 1 aromatic rings. The van der Waals surface area contributed by atoms with Gasteiger partial charge in [0.05, 0.1) is 19.7 Å². The maximum Gasteiger partial charge on any atom is 0.410 e. The predicted octanol–water partition coefficient (Wildman–Crippen LogP) is 2.22. The van der Waals surface area contributed by atoms with Crippen LogP contribution in [0.4, 0.5) is 14.0 Å². The average molecular weight is 364 g/mol. The molecular formula is C18H21FN2O5. The van der Waals surface area contributed by atoms with Crippen LogP contribution in [-0.4, -0.2) is 55.0 Å². The number of nitrogens with one attached hydrogen (secondary N) is 1. The van der Waals surface area contributed by atoms with Crippen molar-refractivity contribution in [2.24, 2.45) is 5.92 Å². The van der Waals surface area contributed by atoms with E-state index in [2.05, 4.69) is 5.32 Å². The normalized spacial score (nSPS) is 25.8. The number of aryl methyl sites for hydroxylation is 1. The summed E-state index contributed by atoms with van der Waals surface area (Å²) in [6.07, 6.45) is 0.624. The van der Waals surface area contributed by atoms with Crippen molar-refractivity contribution < 1.29 is 28.2 Å². The monoisotopic (exact) mass is 364 g/mol. The molecule has 2 aliphatic heterocycles. The van der Waals surface area contributed by atoms with E-state index in [9.17, 15) is 14.0 Å². The Morgan fingerprint density at radius 2 is 2.19 bits per heavy atom. The highest BCUT2D eigenvalue weighted by atomic mass is 19.1. The second-order valence-corrected chi connectivity index (χ2v) is 7.40. The highest BCUT2D eigenvalue weighted by molar-refractivity contribution is 5.74. The number of ether oxygens (including phenoxy) is 3. The van der Waals surface area contributed by atoms with Crippen molar-refractivity contribution in [1.82, 2.24) is 10.2 Å². The first-order chi connectivity index (χ1) is 12.4. The smallest absolute Gasteiger partial charge is 0.410 e. The van der Waals surface area contributed by atoms with Gasteiger partial charge in [0.15, 0.2) is 0 Å².